The van der Waals surface area contributed by atoms with Crippen LogP contribution in [0.5, 0.6) is 11.5 Å². The Morgan fingerprint density at radius 3 is 2.52 bits per heavy atom. The van der Waals surface area contributed by atoms with Crippen LogP contribution in [0.2, 0.25) is 10.0 Å². The van der Waals surface area contributed by atoms with E-state index in [-0.39, 0.29) is 12.3 Å². The fourth-order valence-electron chi connectivity index (χ4n) is 2.60. The molecule has 0 bridgehead atoms. The first-order chi connectivity index (χ1) is 14.7. The van der Waals surface area contributed by atoms with E-state index in [2.05, 4.69) is 4.98 Å². The van der Waals surface area contributed by atoms with Crippen LogP contribution < -0.4 is 15.2 Å². The van der Waals surface area contributed by atoms with E-state index in [1.165, 1.54) is 19.3 Å². The molecule has 0 aliphatic heterocycles. The van der Waals surface area contributed by atoms with Gasteiger partial charge in [0, 0.05) is 15.6 Å². The molecule has 0 amide bonds. The molecular formula is C21H15Cl2F3N2O3. The lowest BCUT2D eigenvalue weighted by molar-refractivity contribution is -0.141. The Balaban J connectivity index is 1.78. The Morgan fingerprint density at radius 1 is 1.06 bits per heavy atom. The SMILES string of the molecule is COc1cc(/C=C/c2cc(C(F)(F)F)[nH]c(=O)n2)ccc1OCc1ccc(Cl)cc1Cl. The molecule has 0 saturated carbocycles. The monoisotopic (exact) mass is 470 g/mol. The van der Waals surface area contributed by atoms with Crippen LogP contribution in [0.15, 0.2) is 47.3 Å². The average Bonchev–Trinajstić information content (AvgIpc) is 2.71. The standard InChI is InChI=1S/C21H15Cl2F3N2O3/c1-30-18-8-12(2-6-15-10-19(21(24,25)26)28-20(29)27-15)3-7-17(18)31-11-13-4-5-14(22)9-16(13)23/h2-10H,11H2,1H3,(H,27,28,29)/b6-2+. The van der Waals surface area contributed by atoms with Crippen molar-refractivity contribution in [3.05, 3.63) is 85.5 Å². The maximum atomic E-state index is 12.8. The highest BCUT2D eigenvalue weighted by Gasteiger charge is 2.32. The second-order valence-corrected chi connectivity index (χ2v) is 7.13. The molecule has 0 saturated heterocycles. The second-order valence-electron chi connectivity index (χ2n) is 6.29. The number of hydrogen-bond acceptors (Lipinski definition) is 4. The van der Waals surface area contributed by atoms with Crippen LogP contribution in [0.4, 0.5) is 13.2 Å². The van der Waals surface area contributed by atoms with E-state index in [9.17, 15) is 18.0 Å². The summed E-state index contributed by atoms with van der Waals surface area (Å²) >= 11 is 12.0. The number of ether oxygens (including phenoxy) is 2. The highest BCUT2D eigenvalue weighted by Crippen LogP contribution is 2.31. The summed E-state index contributed by atoms with van der Waals surface area (Å²) < 4.78 is 49.6. The number of aromatic amines is 1. The van der Waals surface area contributed by atoms with Crippen molar-refractivity contribution in [3.8, 4) is 11.5 Å². The second kappa shape index (κ2) is 9.45. The summed E-state index contributed by atoms with van der Waals surface area (Å²) in [4.78, 5) is 16.6. The molecule has 0 radical (unpaired) electrons. The van der Waals surface area contributed by atoms with Crippen molar-refractivity contribution in [2.24, 2.45) is 0 Å². The summed E-state index contributed by atoms with van der Waals surface area (Å²) in [5.41, 5.74) is -1.05. The van der Waals surface area contributed by atoms with E-state index < -0.39 is 17.6 Å². The third-order valence-corrected chi connectivity index (χ3v) is 4.69. The Kier molecular flexibility index (Phi) is 6.92. The van der Waals surface area contributed by atoms with Gasteiger partial charge in [-0.25, -0.2) is 4.79 Å². The number of H-pyrrole nitrogens is 1. The van der Waals surface area contributed by atoms with Crippen LogP contribution in [-0.2, 0) is 12.8 Å². The van der Waals surface area contributed by atoms with Crippen LogP contribution in [0.25, 0.3) is 12.2 Å². The van der Waals surface area contributed by atoms with Gasteiger partial charge in [-0.05, 0) is 42.0 Å². The van der Waals surface area contributed by atoms with Gasteiger partial charge in [0.1, 0.15) is 12.3 Å². The zero-order valence-corrected chi connectivity index (χ0v) is 17.5. The highest BCUT2D eigenvalue weighted by atomic mass is 35.5. The van der Waals surface area contributed by atoms with E-state index in [1.54, 1.807) is 41.4 Å². The molecule has 0 fully saturated rings. The van der Waals surface area contributed by atoms with Crippen LogP contribution in [0, 0.1) is 0 Å². The number of benzene rings is 2. The molecule has 3 aromatic rings. The molecule has 162 valence electrons. The van der Waals surface area contributed by atoms with Crippen LogP contribution in [0.3, 0.4) is 0 Å². The number of hydrogen-bond donors (Lipinski definition) is 1. The predicted molar refractivity (Wildman–Crippen MR) is 113 cm³/mol. The first-order valence-electron chi connectivity index (χ1n) is 8.77. The lowest BCUT2D eigenvalue weighted by Crippen LogP contribution is -2.19. The van der Waals surface area contributed by atoms with Crippen molar-refractivity contribution in [1.29, 1.82) is 0 Å². The number of aromatic nitrogens is 2. The number of nitrogens with one attached hydrogen (secondary N) is 1. The summed E-state index contributed by atoms with van der Waals surface area (Å²) in [7, 11) is 1.46. The quantitative estimate of drug-likeness (QED) is 0.490. The van der Waals surface area contributed by atoms with Crippen molar-refractivity contribution in [2.45, 2.75) is 12.8 Å². The van der Waals surface area contributed by atoms with Gasteiger partial charge in [0.15, 0.2) is 11.5 Å². The van der Waals surface area contributed by atoms with Gasteiger partial charge in [0.25, 0.3) is 0 Å². The highest BCUT2D eigenvalue weighted by molar-refractivity contribution is 6.35. The van der Waals surface area contributed by atoms with Crippen molar-refractivity contribution >= 4 is 35.4 Å². The Labute approximate surface area is 185 Å². The largest absolute Gasteiger partial charge is 0.493 e. The van der Waals surface area contributed by atoms with Crippen LogP contribution in [-0.4, -0.2) is 17.1 Å². The third kappa shape index (κ3) is 6.02. The van der Waals surface area contributed by atoms with E-state index in [0.717, 1.165) is 11.6 Å². The van der Waals surface area contributed by atoms with Crippen molar-refractivity contribution in [3.63, 3.8) is 0 Å². The molecule has 3 rings (SSSR count). The smallest absolute Gasteiger partial charge is 0.431 e. The van der Waals surface area contributed by atoms with Gasteiger partial charge < -0.3 is 14.5 Å². The summed E-state index contributed by atoms with van der Waals surface area (Å²) in [6.45, 7) is 0.179. The molecule has 0 unspecified atom stereocenters. The van der Waals surface area contributed by atoms with Gasteiger partial charge in [-0.2, -0.15) is 18.2 Å². The minimum Gasteiger partial charge on any atom is -0.493 e. The van der Waals surface area contributed by atoms with Crippen LogP contribution >= 0.6 is 23.2 Å². The maximum Gasteiger partial charge on any atom is 0.431 e. The molecule has 2 aromatic carbocycles. The van der Waals surface area contributed by atoms with E-state index in [4.69, 9.17) is 32.7 Å². The molecule has 0 atom stereocenters. The fourth-order valence-corrected chi connectivity index (χ4v) is 3.06. The lowest BCUT2D eigenvalue weighted by atomic mass is 10.1. The molecule has 10 heteroatoms. The molecule has 1 aromatic heterocycles. The summed E-state index contributed by atoms with van der Waals surface area (Å²) in [5.74, 6) is 0.849. The van der Waals surface area contributed by atoms with Crippen molar-refractivity contribution in [1.82, 2.24) is 9.97 Å². The number of nitrogens with zero attached hydrogens (tertiary/aromatic N) is 1. The van der Waals surface area contributed by atoms with Gasteiger partial charge in [-0.1, -0.05) is 41.4 Å². The Bertz CT molecular complexity index is 1180. The fraction of sp³-hybridized carbons (Fsp3) is 0.143. The van der Waals surface area contributed by atoms with Crippen molar-refractivity contribution in [2.75, 3.05) is 7.11 Å². The van der Waals surface area contributed by atoms with Gasteiger partial charge in [0.05, 0.1) is 12.8 Å². The minimum atomic E-state index is -4.68. The number of halogens is 5. The van der Waals surface area contributed by atoms with Crippen LogP contribution in [0.1, 0.15) is 22.5 Å². The average molecular weight is 471 g/mol. The first-order valence-corrected chi connectivity index (χ1v) is 9.53. The van der Waals surface area contributed by atoms with Gasteiger partial charge in [-0.3, -0.25) is 0 Å². The number of rotatable bonds is 6. The molecule has 5 nitrogen and oxygen atoms in total. The zero-order valence-electron chi connectivity index (χ0n) is 16.0. The van der Waals surface area contributed by atoms with Gasteiger partial charge >= 0.3 is 11.9 Å². The minimum absolute atomic E-state index is 0.132. The molecule has 31 heavy (non-hydrogen) atoms. The first kappa shape index (κ1) is 22.7. The van der Waals surface area contributed by atoms with E-state index in [0.29, 0.717) is 27.1 Å². The van der Waals surface area contributed by atoms with Gasteiger partial charge in [-0.15, -0.1) is 0 Å². The summed E-state index contributed by atoms with van der Waals surface area (Å²) in [5, 5.41) is 0.981. The van der Waals surface area contributed by atoms with Crippen molar-refractivity contribution < 1.29 is 22.6 Å². The summed E-state index contributed by atoms with van der Waals surface area (Å²) in [6.07, 6.45) is -1.88. The Morgan fingerprint density at radius 2 is 1.84 bits per heavy atom. The molecule has 1 N–H and O–H groups in total. The third-order valence-electron chi connectivity index (χ3n) is 4.10. The maximum absolute atomic E-state index is 12.8. The summed E-state index contributed by atoms with van der Waals surface area (Å²) in [6, 6.07) is 10.8. The normalized spacial score (nSPS) is 11.7. The molecule has 1 heterocycles. The molecular weight excluding hydrogens is 456 g/mol. The lowest BCUT2D eigenvalue weighted by Gasteiger charge is -2.12. The predicted octanol–water partition coefficient (Wildman–Crippen LogP) is 5.85. The number of alkyl halides is 3. The van der Waals surface area contributed by atoms with E-state index in [1.807, 2.05) is 0 Å². The molecule has 0 aliphatic carbocycles. The zero-order chi connectivity index (χ0) is 22.6. The molecule has 0 spiro atoms. The number of methoxy groups -OCH3 is 1. The molecule has 0 aliphatic rings. The Hall–Kier alpha value is -2.97. The van der Waals surface area contributed by atoms with Gasteiger partial charge in [0.2, 0.25) is 0 Å². The topological polar surface area (TPSA) is 64.2 Å². The van der Waals surface area contributed by atoms with E-state index >= 15 is 0 Å².